The van der Waals surface area contributed by atoms with Gasteiger partial charge in [0.25, 0.3) is 0 Å². The molecule has 1 atom stereocenters. The van der Waals surface area contributed by atoms with E-state index >= 15 is 0 Å². The topological polar surface area (TPSA) is 36.4 Å². The lowest BCUT2D eigenvalue weighted by Gasteiger charge is -2.37. The number of hydrogen-bond acceptors (Lipinski definition) is 3. The van der Waals surface area contributed by atoms with Crippen molar-refractivity contribution in [2.24, 2.45) is 0 Å². The molecule has 1 saturated heterocycles. The molecular formula is C12H18N2O. The molecule has 0 aliphatic carbocycles. The normalized spacial score (nSPS) is 26.7. The summed E-state index contributed by atoms with van der Waals surface area (Å²) in [5, 5.41) is 10.0. The quantitative estimate of drug-likeness (QED) is 0.760. The van der Waals surface area contributed by atoms with E-state index in [1.807, 2.05) is 19.2 Å². The van der Waals surface area contributed by atoms with Crippen LogP contribution in [0.25, 0.3) is 0 Å². The second-order valence-corrected chi connectivity index (χ2v) is 4.71. The largest absolute Gasteiger partial charge is 0.388 e. The fraction of sp³-hybridized carbons (Fsp3) is 0.583. The molecule has 1 aliphatic rings. The highest BCUT2D eigenvalue weighted by atomic mass is 16.3. The highest BCUT2D eigenvalue weighted by Gasteiger charge is 2.28. The number of aryl methyl sites for hydroxylation is 1. The zero-order chi connectivity index (χ0) is 10.9. The van der Waals surface area contributed by atoms with Gasteiger partial charge >= 0.3 is 0 Å². The van der Waals surface area contributed by atoms with Gasteiger partial charge in [-0.15, -0.1) is 0 Å². The molecule has 3 nitrogen and oxygen atoms in total. The predicted octanol–water partition coefficient (Wildman–Crippen LogP) is 1.74. The highest BCUT2D eigenvalue weighted by molar-refractivity contribution is 5.41. The lowest BCUT2D eigenvalue weighted by molar-refractivity contribution is 0.0447. The summed E-state index contributed by atoms with van der Waals surface area (Å²) in [5.74, 6) is 0.981. The van der Waals surface area contributed by atoms with Crippen LogP contribution < -0.4 is 4.90 Å². The van der Waals surface area contributed by atoms with Crippen LogP contribution in [0.4, 0.5) is 5.82 Å². The lowest BCUT2D eigenvalue weighted by Crippen LogP contribution is -2.46. The van der Waals surface area contributed by atoms with Crippen LogP contribution in [0.2, 0.25) is 0 Å². The van der Waals surface area contributed by atoms with Crippen LogP contribution in [0, 0.1) is 6.92 Å². The van der Waals surface area contributed by atoms with Crippen molar-refractivity contribution in [2.75, 3.05) is 18.0 Å². The van der Waals surface area contributed by atoms with Crippen LogP contribution in [0.15, 0.2) is 18.3 Å². The third-order valence-electron chi connectivity index (χ3n) is 2.90. The summed E-state index contributed by atoms with van der Waals surface area (Å²) >= 11 is 0. The van der Waals surface area contributed by atoms with E-state index in [-0.39, 0.29) is 0 Å². The Morgan fingerprint density at radius 2 is 2.33 bits per heavy atom. The van der Waals surface area contributed by atoms with E-state index in [0.717, 1.165) is 25.2 Å². The van der Waals surface area contributed by atoms with Crippen LogP contribution in [-0.2, 0) is 0 Å². The lowest BCUT2D eigenvalue weighted by atomic mass is 9.95. The van der Waals surface area contributed by atoms with Gasteiger partial charge in [0.05, 0.1) is 5.60 Å². The molecule has 0 radical (unpaired) electrons. The summed E-state index contributed by atoms with van der Waals surface area (Å²) in [4.78, 5) is 6.51. The maximum atomic E-state index is 10.0. The average Bonchev–Trinajstić information content (AvgIpc) is 2.16. The summed E-state index contributed by atoms with van der Waals surface area (Å²) in [6.45, 7) is 5.64. The molecule has 2 heterocycles. The Kier molecular flexibility index (Phi) is 2.65. The minimum absolute atomic E-state index is 0.566. The first-order valence-corrected chi connectivity index (χ1v) is 5.47. The van der Waals surface area contributed by atoms with Gasteiger partial charge in [0, 0.05) is 19.3 Å². The van der Waals surface area contributed by atoms with E-state index in [4.69, 9.17) is 0 Å². The van der Waals surface area contributed by atoms with Gasteiger partial charge in [0.2, 0.25) is 0 Å². The van der Waals surface area contributed by atoms with Gasteiger partial charge in [-0.2, -0.15) is 0 Å². The first-order chi connectivity index (χ1) is 7.07. The van der Waals surface area contributed by atoms with Gasteiger partial charge in [-0.05, 0) is 44.4 Å². The Morgan fingerprint density at radius 3 is 3.00 bits per heavy atom. The van der Waals surface area contributed by atoms with Gasteiger partial charge in [-0.25, -0.2) is 4.98 Å². The molecule has 1 aromatic heterocycles. The van der Waals surface area contributed by atoms with E-state index in [0.29, 0.717) is 6.54 Å². The first-order valence-electron chi connectivity index (χ1n) is 5.47. The molecule has 1 fully saturated rings. The molecule has 82 valence electrons. The standard InChI is InChI=1S/C12H18N2O/c1-10-4-6-13-11(8-10)14-7-3-5-12(2,15)9-14/h4,6,8,15H,3,5,7,9H2,1-2H3. The maximum absolute atomic E-state index is 10.0. The summed E-state index contributed by atoms with van der Waals surface area (Å²) in [6, 6.07) is 4.06. The number of nitrogens with zero attached hydrogens (tertiary/aromatic N) is 2. The van der Waals surface area contributed by atoms with Crippen molar-refractivity contribution in [1.82, 2.24) is 4.98 Å². The van der Waals surface area contributed by atoms with Crippen LogP contribution >= 0.6 is 0 Å². The van der Waals surface area contributed by atoms with Crippen LogP contribution in [0.1, 0.15) is 25.3 Å². The number of aromatic nitrogens is 1. The Hall–Kier alpha value is -1.09. The summed E-state index contributed by atoms with van der Waals surface area (Å²) in [6.07, 6.45) is 3.74. The van der Waals surface area contributed by atoms with Gasteiger partial charge in [-0.1, -0.05) is 0 Å². The predicted molar refractivity (Wildman–Crippen MR) is 61.0 cm³/mol. The Bertz CT molecular complexity index is 349. The monoisotopic (exact) mass is 206 g/mol. The van der Waals surface area contributed by atoms with Crippen LogP contribution in [0.3, 0.4) is 0 Å². The molecule has 15 heavy (non-hydrogen) atoms. The van der Waals surface area contributed by atoms with Crippen molar-refractivity contribution in [3.8, 4) is 0 Å². The van der Waals surface area contributed by atoms with Gasteiger partial charge in [0.1, 0.15) is 5.82 Å². The number of piperidine rings is 1. The molecule has 1 aromatic rings. The Labute approximate surface area is 90.8 Å². The number of anilines is 1. The highest BCUT2D eigenvalue weighted by Crippen LogP contribution is 2.24. The summed E-state index contributed by atoms with van der Waals surface area (Å²) in [7, 11) is 0. The SMILES string of the molecule is Cc1ccnc(N2CCCC(C)(O)C2)c1. The molecule has 1 N–H and O–H groups in total. The van der Waals surface area contributed by atoms with E-state index in [9.17, 15) is 5.11 Å². The molecule has 0 bridgehead atoms. The average molecular weight is 206 g/mol. The minimum atomic E-state index is -0.566. The van der Waals surface area contributed by atoms with Crippen LogP contribution in [0.5, 0.6) is 0 Å². The number of rotatable bonds is 1. The number of hydrogen-bond donors (Lipinski definition) is 1. The molecule has 0 saturated carbocycles. The maximum Gasteiger partial charge on any atom is 0.128 e. The summed E-state index contributed by atoms with van der Waals surface area (Å²) < 4.78 is 0. The number of β-amino-alcohol motifs (C(OH)–C–C–N with tert-alkyl or cyclic N) is 1. The smallest absolute Gasteiger partial charge is 0.128 e. The minimum Gasteiger partial charge on any atom is -0.388 e. The molecule has 2 rings (SSSR count). The van der Waals surface area contributed by atoms with Crippen molar-refractivity contribution in [2.45, 2.75) is 32.3 Å². The zero-order valence-electron chi connectivity index (χ0n) is 9.40. The van der Waals surface area contributed by atoms with Crippen molar-refractivity contribution in [3.63, 3.8) is 0 Å². The molecule has 0 amide bonds. The van der Waals surface area contributed by atoms with Gasteiger partial charge in [0.15, 0.2) is 0 Å². The van der Waals surface area contributed by atoms with Crippen molar-refractivity contribution in [1.29, 1.82) is 0 Å². The third-order valence-corrected chi connectivity index (χ3v) is 2.90. The van der Waals surface area contributed by atoms with Crippen molar-refractivity contribution in [3.05, 3.63) is 23.9 Å². The van der Waals surface area contributed by atoms with Gasteiger partial charge < -0.3 is 10.0 Å². The Balaban J connectivity index is 2.17. The summed E-state index contributed by atoms with van der Waals surface area (Å²) in [5.41, 5.74) is 0.647. The fourth-order valence-corrected chi connectivity index (χ4v) is 2.11. The van der Waals surface area contributed by atoms with Crippen molar-refractivity contribution < 1.29 is 5.11 Å². The van der Waals surface area contributed by atoms with Crippen LogP contribution in [-0.4, -0.2) is 28.8 Å². The van der Waals surface area contributed by atoms with E-state index in [2.05, 4.69) is 22.9 Å². The second kappa shape index (κ2) is 3.81. The molecule has 1 aliphatic heterocycles. The first kappa shape index (κ1) is 10.4. The Morgan fingerprint density at radius 1 is 1.53 bits per heavy atom. The van der Waals surface area contributed by atoms with Gasteiger partial charge in [-0.3, -0.25) is 0 Å². The molecular weight excluding hydrogens is 188 g/mol. The van der Waals surface area contributed by atoms with Crippen molar-refractivity contribution >= 4 is 5.82 Å². The van der Waals surface area contributed by atoms with E-state index < -0.39 is 5.60 Å². The zero-order valence-corrected chi connectivity index (χ0v) is 9.40. The number of pyridine rings is 1. The second-order valence-electron chi connectivity index (χ2n) is 4.71. The fourth-order valence-electron chi connectivity index (χ4n) is 2.11. The molecule has 1 unspecified atom stereocenters. The molecule has 0 aromatic carbocycles. The third kappa shape index (κ3) is 2.48. The molecule has 0 spiro atoms. The molecule has 3 heteroatoms. The number of aliphatic hydroxyl groups is 1. The van der Waals surface area contributed by atoms with E-state index in [1.54, 1.807) is 0 Å². The van der Waals surface area contributed by atoms with E-state index in [1.165, 1.54) is 5.56 Å².